The molecule has 0 aliphatic heterocycles. The second kappa shape index (κ2) is 6.29. The van der Waals surface area contributed by atoms with Gasteiger partial charge in [-0.3, -0.25) is 0 Å². The molecule has 2 saturated carbocycles. The van der Waals surface area contributed by atoms with E-state index in [0.717, 1.165) is 24.1 Å². The zero-order valence-corrected chi connectivity index (χ0v) is 12.0. The van der Waals surface area contributed by atoms with Gasteiger partial charge in [-0.1, -0.05) is 31.4 Å². The van der Waals surface area contributed by atoms with Crippen LogP contribution in [0, 0.1) is 5.92 Å². The predicted octanol–water partition coefficient (Wildman–Crippen LogP) is 4.27. The zero-order chi connectivity index (χ0) is 13.8. The Bertz CT molecular complexity index is 445. The molecule has 2 aliphatic carbocycles. The fraction of sp³-hybridized carbons (Fsp3) is 0.588. The lowest BCUT2D eigenvalue weighted by atomic mass is 9.84. The van der Waals surface area contributed by atoms with Crippen molar-refractivity contribution in [2.75, 3.05) is 11.9 Å². The van der Waals surface area contributed by atoms with Crippen molar-refractivity contribution in [1.29, 1.82) is 0 Å². The van der Waals surface area contributed by atoms with Crippen molar-refractivity contribution in [3.8, 4) is 0 Å². The van der Waals surface area contributed by atoms with Gasteiger partial charge in [0.1, 0.15) is 0 Å². The maximum absolute atomic E-state index is 11.7. The van der Waals surface area contributed by atoms with Crippen molar-refractivity contribution < 1.29 is 4.79 Å². The van der Waals surface area contributed by atoms with Gasteiger partial charge in [-0.25, -0.2) is 4.79 Å². The fourth-order valence-electron chi connectivity index (χ4n) is 3.01. The highest BCUT2D eigenvalue weighted by molar-refractivity contribution is 5.89. The molecule has 108 valence electrons. The van der Waals surface area contributed by atoms with Gasteiger partial charge >= 0.3 is 6.03 Å². The number of rotatable bonds is 4. The number of amides is 2. The smallest absolute Gasteiger partial charge is 0.319 e. The first kappa shape index (κ1) is 13.5. The van der Waals surface area contributed by atoms with Crippen LogP contribution in [0.4, 0.5) is 10.5 Å². The van der Waals surface area contributed by atoms with E-state index in [9.17, 15) is 4.79 Å². The van der Waals surface area contributed by atoms with Gasteiger partial charge in [-0.2, -0.15) is 0 Å². The number of hydrogen-bond acceptors (Lipinski definition) is 1. The molecule has 0 unspecified atom stereocenters. The lowest BCUT2D eigenvalue weighted by Gasteiger charge is -2.22. The van der Waals surface area contributed by atoms with Crippen molar-refractivity contribution in [2.45, 2.75) is 50.9 Å². The highest BCUT2D eigenvalue weighted by atomic mass is 16.2. The monoisotopic (exact) mass is 272 g/mol. The number of anilines is 1. The number of carbonyl (C=O) groups is 1. The summed E-state index contributed by atoms with van der Waals surface area (Å²) < 4.78 is 0. The van der Waals surface area contributed by atoms with Crippen LogP contribution in [0.2, 0.25) is 0 Å². The molecule has 1 aromatic carbocycles. The maximum Gasteiger partial charge on any atom is 0.319 e. The molecule has 0 heterocycles. The lowest BCUT2D eigenvalue weighted by Crippen LogP contribution is -2.30. The standard InChI is InChI=1S/C17H24N2O/c20-17(18-12-13-6-7-13)19-16-10-8-15(9-11-16)14-4-2-1-3-5-14/h8-11,13-14H,1-7,12H2,(H2,18,19,20). The summed E-state index contributed by atoms with van der Waals surface area (Å²) in [6.07, 6.45) is 9.25. The van der Waals surface area contributed by atoms with Gasteiger partial charge in [-0.05, 0) is 55.2 Å². The van der Waals surface area contributed by atoms with E-state index in [-0.39, 0.29) is 6.03 Å². The summed E-state index contributed by atoms with van der Waals surface area (Å²) in [6, 6.07) is 8.32. The molecule has 0 aromatic heterocycles. The van der Waals surface area contributed by atoms with E-state index in [0.29, 0.717) is 0 Å². The van der Waals surface area contributed by atoms with Crippen LogP contribution >= 0.6 is 0 Å². The van der Waals surface area contributed by atoms with Crippen LogP contribution in [0.15, 0.2) is 24.3 Å². The molecular formula is C17H24N2O. The summed E-state index contributed by atoms with van der Waals surface area (Å²) >= 11 is 0. The predicted molar refractivity (Wildman–Crippen MR) is 82.0 cm³/mol. The number of hydrogen-bond donors (Lipinski definition) is 2. The van der Waals surface area contributed by atoms with Gasteiger partial charge in [0, 0.05) is 12.2 Å². The first-order valence-corrected chi connectivity index (χ1v) is 7.96. The van der Waals surface area contributed by atoms with E-state index in [1.165, 1.54) is 50.5 Å². The van der Waals surface area contributed by atoms with E-state index in [1.54, 1.807) is 0 Å². The molecule has 20 heavy (non-hydrogen) atoms. The fourth-order valence-corrected chi connectivity index (χ4v) is 3.01. The molecular weight excluding hydrogens is 248 g/mol. The Hall–Kier alpha value is -1.51. The highest BCUT2D eigenvalue weighted by Gasteiger charge is 2.21. The first-order chi connectivity index (χ1) is 9.81. The summed E-state index contributed by atoms with van der Waals surface area (Å²) in [6.45, 7) is 0.811. The van der Waals surface area contributed by atoms with Crippen LogP contribution in [0.25, 0.3) is 0 Å². The average molecular weight is 272 g/mol. The molecule has 3 heteroatoms. The van der Waals surface area contributed by atoms with Gasteiger partial charge in [0.05, 0.1) is 0 Å². The van der Waals surface area contributed by atoms with Crippen molar-refractivity contribution in [1.82, 2.24) is 5.32 Å². The SMILES string of the molecule is O=C(NCC1CC1)Nc1ccc(C2CCCCC2)cc1. The summed E-state index contributed by atoms with van der Waals surface area (Å²) in [5.74, 6) is 1.44. The Morgan fingerprint density at radius 2 is 1.70 bits per heavy atom. The zero-order valence-electron chi connectivity index (χ0n) is 12.0. The molecule has 2 aliphatic rings. The van der Waals surface area contributed by atoms with Crippen LogP contribution < -0.4 is 10.6 Å². The summed E-state index contributed by atoms with van der Waals surface area (Å²) in [7, 11) is 0. The molecule has 0 atom stereocenters. The minimum atomic E-state index is -0.0812. The molecule has 2 fully saturated rings. The second-order valence-electron chi connectivity index (χ2n) is 6.24. The van der Waals surface area contributed by atoms with E-state index < -0.39 is 0 Å². The Labute approximate surface area is 121 Å². The van der Waals surface area contributed by atoms with Crippen LogP contribution in [-0.4, -0.2) is 12.6 Å². The van der Waals surface area contributed by atoms with E-state index in [2.05, 4.69) is 22.8 Å². The van der Waals surface area contributed by atoms with Crippen LogP contribution in [0.5, 0.6) is 0 Å². The molecule has 3 rings (SSSR count). The van der Waals surface area contributed by atoms with Crippen LogP contribution in [0.1, 0.15) is 56.4 Å². The molecule has 2 amide bonds. The van der Waals surface area contributed by atoms with Gasteiger partial charge in [-0.15, -0.1) is 0 Å². The van der Waals surface area contributed by atoms with Crippen molar-refractivity contribution >= 4 is 11.7 Å². The number of benzene rings is 1. The van der Waals surface area contributed by atoms with E-state index in [4.69, 9.17) is 0 Å². The Balaban J connectivity index is 1.50. The third kappa shape index (κ3) is 3.75. The van der Waals surface area contributed by atoms with E-state index in [1.807, 2.05) is 12.1 Å². The third-order valence-electron chi connectivity index (χ3n) is 4.49. The largest absolute Gasteiger partial charge is 0.338 e. The summed E-state index contributed by atoms with van der Waals surface area (Å²) in [5.41, 5.74) is 2.31. The molecule has 0 radical (unpaired) electrons. The summed E-state index contributed by atoms with van der Waals surface area (Å²) in [4.78, 5) is 11.7. The third-order valence-corrected chi connectivity index (χ3v) is 4.49. The average Bonchev–Trinajstić information content (AvgIpc) is 3.31. The topological polar surface area (TPSA) is 41.1 Å². The molecule has 1 aromatic rings. The summed E-state index contributed by atoms with van der Waals surface area (Å²) in [5, 5.41) is 5.83. The van der Waals surface area contributed by atoms with Crippen molar-refractivity contribution in [3.05, 3.63) is 29.8 Å². The van der Waals surface area contributed by atoms with Gasteiger partial charge in [0.2, 0.25) is 0 Å². The van der Waals surface area contributed by atoms with Crippen molar-refractivity contribution in [3.63, 3.8) is 0 Å². The lowest BCUT2D eigenvalue weighted by molar-refractivity contribution is 0.251. The van der Waals surface area contributed by atoms with Crippen molar-refractivity contribution in [2.24, 2.45) is 5.92 Å². The minimum Gasteiger partial charge on any atom is -0.338 e. The maximum atomic E-state index is 11.7. The van der Waals surface area contributed by atoms with Gasteiger partial charge in [0.25, 0.3) is 0 Å². The molecule has 0 saturated heterocycles. The normalized spacial score (nSPS) is 19.6. The molecule has 0 spiro atoms. The number of urea groups is 1. The highest BCUT2D eigenvalue weighted by Crippen LogP contribution is 2.33. The van der Waals surface area contributed by atoms with Crippen LogP contribution in [-0.2, 0) is 0 Å². The van der Waals surface area contributed by atoms with Gasteiger partial charge in [0.15, 0.2) is 0 Å². The molecule has 2 N–H and O–H groups in total. The van der Waals surface area contributed by atoms with Gasteiger partial charge < -0.3 is 10.6 Å². The Kier molecular flexibility index (Phi) is 4.24. The molecule has 3 nitrogen and oxygen atoms in total. The van der Waals surface area contributed by atoms with E-state index >= 15 is 0 Å². The Morgan fingerprint density at radius 3 is 2.35 bits per heavy atom. The Morgan fingerprint density at radius 1 is 1.00 bits per heavy atom. The quantitative estimate of drug-likeness (QED) is 0.844. The number of carbonyl (C=O) groups excluding carboxylic acids is 1. The second-order valence-corrected chi connectivity index (χ2v) is 6.24. The van der Waals surface area contributed by atoms with Crippen LogP contribution in [0.3, 0.4) is 0 Å². The molecule has 0 bridgehead atoms. The minimum absolute atomic E-state index is 0.0812. The number of nitrogens with one attached hydrogen (secondary N) is 2. The first-order valence-electron chi connectivity index (χ1n) is 7.96.